The predicted octanol–water partition coefficient (Wildman–Crippen LogP) is 3.24. The van der Waals surface area contributed by atoms with Gasteiger partial charge < -0.3 is 0 Å². The third kappa shape index (κ3) is 1.91. The molecule has 0 aliphatic heterocycles. The van der Waals surface area contributed by atoms with Gasteiger partial charge >= 0.3 is 0 Å². The van der Waals surface area contributed by atoms with E-state index in [1.165, 1.54) is 0 Å². The molecule has 1 aromatic rings. The van der Waals surface area contributed by atoms with E-state index in [-0.39, 0.29) is 5.56 Å². The van der Waals surface area contributed by atoms with Crippen molar-refractivity contribution in [2.45, 2.75) is 20.3 Å². The number of rotatable bonds is 1. The third-order valence-electron chi connectivity index (χ3n) is 1.64. The summed E-state index contributed by atoms with van der Waals surface area (Å²) in [5.41, 5.74) is 1.10. The Morgan fingerprint density at radius 3 is 2.42 bits per heavy atom. The van der Waals surface area contributed by atoms with Gasteiger partial charge in [0, 0.05) is 11.3 Å². The number of aromatic nitrogens is 1. The number of aryl methyl sites for hydroxylation is 2. The maximum atomic E-state index is 12.4. The second-order valence-electron chi connectivity index (χ2n) is 2.56. The van der Waals surface area contributed by atoms with E-state index in [0.29, 0.717) is 11.3 Å². The third-order valence-corrected chi connectivity index (χ3v) is 2.20. The quantitative estimate of drug-likeness (QED) is 0.569. The van der Waals surface area contributed by atoms with Crippen LogP contribution in [0.25, 0.3) is 0 Å². The molecule has 0 bridgehead atoms. The van der Waals surface area contributed by atoms with Crippen LogP contribution in [-0.2, 0) is 0 Å². The first kappa shape index (κ1) is 9.83. The lowest BCUT2D eigenvalue weighted by atomic mass is 10.1. The summed E-state index contributed by atoms with van der Waals surface area (Å²) in [6, 6.07) is 1.66. The summed E-state index contributed by atoms with van der Waals surface area (Å²) in [6.07, 6.45) is -2.42. The molecular weight excluding hydrogens is 275 g/mol. The first-order chi connectivity index (χ1) is 5.52. The highest BCUT2D eigenvalue weighted by Gasteiger charge is 2.14. The molecule has 12 heavy (non-hydrogen) atoms. The molecule has 0 atom stereocenters. The molecule has 0 saturated carbocycles. The van der Waals surface area contributed by atoms with E-state index >= 15 is 0 Å². The van der Waals surface area contributed by atoms with Crippen LogP contribution >= 0.6 is 22.6 Å². The summed E-state index contributed by atoms with van der Waals surface area (Å²) >= 11 is 2.02. The summed E-state index contributed by atoms with van der Waals surface area (Å²) in [5, 5.41) is 0. The molecule has 0 saturated heterocycles. The van der Waals surface area contributed by atoms with Crippen molar-refractivity contribution in [2.75, 3.05) is 0 Å². The summed E-state index contributed by atoms with van der Waals surface area (Å²) < 4.78 is 25.5. The van der Waals surface area contributed by atoms with Crippen LogP contribution in [0.2, 0.25) is 0 Å². The van der Waals surface area contributed by atoms with Gasteiger partial charge in [-0.2, -0.15) is 0 Å². The molecule has 4 heteroatoms. The minimum absolute atomic E-state index is 0.0652. The monoisotopic (exact) mass is 283 g/mol. The highest BCUT2D eigenvalue weighted by molar-refractivity contribution is 14.1. The zero-order valence-corrected chi connectivity index (χ0v) is 8.89. The largest absolute Gasteiger partial charge is 0.265 e. The van der Waals surface area contributed by atoms with Gasteiger partial charge in [-0.25, -0.2) is 13.8 Å². The van der Waals surface area contributed by atoms with E-state index in [9.17, 15) is 8.78 Å². The molecule has 0 unspecified atom stereocenters. The Hall–Kier alpha value is -0.260. The number of hydrogen-bond acceptors (Lipinski definition) is 1. The summed E-state index contributed by atoms with van der Waals surface area (Å²) in [4.78, 5) is 3.96. The van der Waals surface area contributed by atoms with Gasteiger partial charge in [-0.1, -0.05) is 0 Å². The minimum Gasteiger partial charge on any atom is -0.247 e. The van der Waals surface area contributed by atoms with Crippen LogP contribution in [0.1, 0.15) is 23.2 Å². The van der Waals surface area contributed by atoms with E-state index in [1.54, 1.807) is 19.9 Å². The summed E-state index contributed by atoms with van der Waals surface area (Å²) in [6.45, 7) is 3.29. The van der Waals surface area contributed by atoms with Crippen molar-refractivity contribution in [1.29, 1.82) is 0 Å². The van der Waals surface area contributed by atoms with Gasteiger partial charge in [-0.05, 0) is 48.1 Å². The van der Waals surface area contributed by atoms with Crippen LogP contribution < -0.4 is 0 Å². The first-order valence-corrected chi connectivity index (χ1v) is 4.52. The SMILES string of the molecule is Cc1cc(I)nc(C)c1C(F)F. The molecule has 1 nitrogen and oxygen atoms in total. The molecule has 0 aliphatic rings. The lowest BCUT2D eigenvalue weighted by molar-refractivity contribution is 0.149. The van der Waals surface area contributed by atoms with Crippen molar-refractivity contribution in [3.05, 3.63) is 26.6 Å². The molecule has 0 spiro atoms. The van der Waals surface area contributed by atoms with Crippen molar-refractivity contribution in [1.82, 2.24) is 4.98 Å². The Morgan fingerprint density at radius 2 is 2.00 bits per heavy atom. The maximum absolute atomic E-state index is 12.4. The van der Waals surface area contributed by atoms with Crippen molar-refractivity contribution in [3.63, 3.8) is 0 Å². The molecular formula is C8H8F2IN. The summed E-state index contributed by atoms with van der Waals surface area (Å²) in [5.74, 6) is 0. The molecule has 66 valence electrons. The highest BCUT2D eigenvalue weighted by Crippen LogP contribution is 2.25. The van der Waals surface area contributed by atoms with Crippen LogP contribution in [0.5, 0.6) is 0 Å². The van der Waals surface area contributed by atoms with Crippen LogP contribution in [0.3, 0.4) is 0 Å². The van der Waals surface area contributed by atoms with Crippen LogP contribution in [-0.4, -0.2) is 4.98 Å². The maximum Gasteiger partial charge on any atom is 0.265 e. The molecule has 0 aromatic carbocycles. The topological polar surface area (TPSA) is 12.9 Å². The molecule has 0 amide bonds. The van der Waals surface area contributed by atoms with E-state index in [0.717, 1.165) is 3.70 Å². The van der Waals surface area contributed by atoms with Crippen molar-refractivity contribution >= 4 is 22.6 Å². The highest BCUT2D eigenvalue weighted by atomic mass is 127. The van der Waals surface area contributed by atoms with E-state index in [1.807, 2.05) is 22.6 Å². The molecule has 1 rings (SSSR count). The van der Waals surface area contributed by atoms with Gasteiger partial charge in [-0.15, -0.1) is 0 Å². The average molecular weight is 283 g/mol. The Kier molecular flexibility index (Phi) is 2.98. The van der Waals surface area contributed by atoms with Crippen LogP contribution in [0.4, 0.5) is 8.78 Å². The first-order valence-electron chi connectivity index (χ1n) is 3.44. The molecule has 1 aromatic heterocycles. The molecule has 1 heterocycles. The second kappa shape index (κ2) is 3.64. The predicted molar refractivity (Wildman–Crippen MR) is 51.4 cm³/mol. The molecule has 0 aliphatic carbocycles. The van der Waals surface area contributed by atoms with Crippen LogP contribution in [0, 0.1) is 17.5 Å². The Balaban J connectivity index is 3.28. The van der Waals surface area contributed by atoms with E-state index in [2.05, 4.69) is 4.98 Å². The van der Waals surface area contributed by atoms with Crippen molar-refractivity contribution in [3.8, 4) is 0 Å². The lowest BCUT2D eigenvalue weighted by Crippen LogP contribution is -1.98. The van der Waals surface area contributed by atoms with Crippen molar-refractivity contribution < 1.29 is 8.78 Å². The van der Waals surface area contributed by atoms with E-state index in [4.69, 9.17) is 0 Å². The van der Waals surface area contributed by atoms with E-state index < -0.39 is 6.43 Å². The van der Waals surface area contributed by atoms with Gasteiger partial charge in [0.05, 0.1) is 0 Å². The van der Waals surface area contributed by atoms with Gasteiger partial charge in [0.1, 0.15) is 3.70 Å². The average Bonchev–Trinajstić information content (AvgIpc) is 1.82. The second-order valence-corrected chi connectivity index (χ2v) is 3.67. The minimum atomic E-state index is -2.42. The smallest absolute Gasteiger partial charge is 0.247 e. The molecule has 0 N–H and O–H groups in total. The van der Waals surface area contributed by atoms with Gasteiger partial charge in [0.2, 0.25) is 0 Å². The number of hydrogen-bond donors (Lipinski definition) is 0. The fourth-order valence-electron chi connectivity index (χ4n) is 1.12. The standard InChI is InChI=1S/C8H8F2IN/c1-4-3-6(11)12-5(2)7(4)8(9)10/h3,8H,1-2H3. The molecule has 0 radical (unpaired) electrons. The zero-order valence-electron chi connectivity index (χ0n) is 6.74. The fraction of sp³-hybridized carbons (Fsp3) is 0.375. The zero-order chi connectivity index (χ0) is 9.30. The lowest BCUT2D eigenvalue weighted by Gasteiger charge is -2.07. The molecule has 0 fully saturated rings. The number of halogens is 3. The Labute approximate surface area is 83.3 Å². The van der Waals surface area contributed by atoms with Gasteiger partial charge in [0.15, 0.2) is 0 Å². The van der Waals surface area contributed by atoms with Gasteiger partial charge in [-0.3, -0.25) is 0 Å². The summed E-state index contributed by atoms with van der Waals surface area (Å²) in [7, 11) is 0. The van der Waals surface area contributed by atoms with Gasteiger partial charge in [0.25, 0.3) is 6.43 Å². The number of nitrogens with zero attached hydrogens (tertiary/aromatic N) is 1. The van der Waals surface area contributed by atoms with Crippen LogP contribution in [0.15, 0.2) is 6.07 Å². The fourth-order valence-corrected chi connectivity index (χ4v) is 1.95. The van der Waals surface area contributed by atoms with Crippen molar-refractivity contribution in [2.24, 2.45) is 0 Å². The number of pyridine rings is 1. The normalized spacial score (nSPS) is 10.8. The Bertz CT molecular complexity index is 276. The number of alkyl halides is 2. The Morgan fingerprint density at radius 1 is 1.42 bits per heavy atom.